The van der Waals surface area contributed by atoms with Crippen molar-refractivity contribution in [2.45, 2.75) is 0 Å². The van der Waals surface area contributed by atoms with Crippen LogP contribution in [-0.2, 0) is 0 Å². The largest absolute Gasteiger partial charge is 0.396 e. The van der Waals surface area contributed by atoms with Crippen LogP contribution in [0.2, 0.25) is 0 Å². The van der Waals surface area contributed by atoms with Crippen molar-refractivity contribution in [3.05, 3.63) is 29.6 Å². The number of carbonyl (C=O) groups is 1. The number of rotatable bonds is 4. The molecule has 1 aromatic rings. The van der Waals surface area contributed by atoms with Gasteiger partial charge >= 0.3 is 0 Å². The average Bonchev–Trinajstić information content (AvgIpc) is 2.28. The van der Waals surface area contributed by atoms with E-state index in [4.69, 9.17) is 5.73 Å². The summed E-state index contributed by atoms with van der Waals surface area (Å²) >= 11 is 0. The molecule has 0 aliphatic heterocycles. The number of carbonyl (C=O) groups excluding carboxylic acids is 1. The highest BCUT2D eigenvalue weighted by Crippen LogP contribution is 2.13. The zero-order chi connectivity index (χ0) is 13.0. The molecule has 1 aromatic carbocycles. The highest BCUT2D eigenvalue weighted by molar-refractivity contribution is 5.94. The molecule has 4 nitrogen and oxygen atoms in total. The van der Waals surface area contributed by atoms with Gasteiger partial charge in [-0.25, -0.2) is 4.39 Å². The Morgan fingerprint density at radius 1 is 1.29 bits per heavy atom. The van der Waals surface area contributed by atoms with Gasteiger partial charge in [-0.2, -0.15) is 0 Å². The van der Waals surface area contributed by atoms with Crippen molar-refractivity contribution in [3.63, 3.8) is 0 Å². The lowest BCUT2D eigenvalue weighted by Gasteiger charge is -2.19. The smallest absolute Gasteiger partial charge is 0.253 e. The van der Waals surface area contributed by atoms with Gasteiger partial charge in [0.1, 0.15) is 5.82 Å². The van der Waals surface area contributed by atoms with E-state index in [2.05, 4.69) is 0 Å². The number of benzene rings is 1. The van der Waals surface area contributed by atoms with Gasteiger partial charge in [0.2, 0.25) is 0 Å². The van der Waals surface area contributed by atoms with Crippen LogP contribution in [-0.4, -0.2) is 49.9 Å². The van der Waals surface area contributed by atoms with Gasteiger partial charge in [0, 0.05) is 25.7 Å². The SMILES string of the molecule is CN(C)CCN(C)C(=O)c1ccc(N)c(F)c1. The molecule has 94 valence electrons. The molecule has 1 amide bonds. The summed E-state index contributed by atoms with van der Waals surface area (Å²) in [5.41, 5.74) is 5.73. The minimum Gasteiger partial charge on any atom is -0.396 e. The van der Waals surface area contributed by atoms with Crippen LogP contribution in [0.1, 0.15) is 10.4 Å². The number of nitrogen functional groups attached to an aromatic ring is 1. The van der Waals surface area contributed by atoms with Gasteiger partial charge in [0.05, 0.1) is 5.69 Å². The van der Waals surface area contributed by atoms with Crippen LogP contribution in [0.15, 0.2) is 18.2 Å². The van der Waals surface area contributed by atoms with E-state index in [-0.39, 0.29) is 11.6 Å². The first-order valence-electron chi connectivity index (χ1n) is 5.37. The first kappa shape index (κ1) is 13.4. The van der Waals surface area contributed by atoms with Crippen molar-refractivity contribution in [2.24, 2.45) is 0 Å². The Hall–Kier alpha value is -1.62. The molecular formula is C12H18FN3O. The van der Waals surface area contributed by atoms with Crippen LogP contribution in [0.4, 0.5) is 10.1 Å². The lowest BCUT2D eigenvalue weighted by molar-refractivity contribution is 0.0786. The van der Waals surface area contributed by atoms with Crippen molar-refractivity contribution in [1.82, 2.24) is 9.80 Å². The number of nitrogens with two attached hydrogens (primary N) is 1. The summed E-state index contributed by atoms with van der Waals surface area (Å²) in [5, 5.41) is 0. The number of nitrogens with zero attached hydrogens (tertiary/aromatic N) is 2. The third-order valence-corrected chi connectivity index (χ3v) is 2.48. The Morgan fingerprint density at radius 2 is 1.94 bits per heavy atom. The van der Waals surface area contributed by atoms with E-state index in [0.717, 1.165) is 6.54 Å². The maximum absolute atomic E-state index is 13.2. The Labute approximate surface area is 101 Å². The van der Waals surface area contributed by atoms with Gasteiger partial charge in [-0.1, -0.05) is 0 Å². The Morgan fingerprint density at radius 3 is 2.47 bits per heavy atom. The Bertz CT molecular complexity index is 407. The average molecular weight is 239 g/mol. The summed E-state index contributed by atoms with van der Waals surface area (Å²) in [5.74, 6) is -0.761. The molecule has 1 rings (SSSR count). The third-order valence-electron chi connectivity index (χ3n) is 2.48. The lowest BCUT2D eigenvalue weighted by atomic mass is 10.2. The summed E-state index contributed by atoms with van der Waals surface area (Å²) in [6, 6.07) is 4.11. The van der Waals surface area contributed by atoms with E-state index in [0.29, 0.717) is 12.1 Å². The third kappa shape index (κ3) is 3.71. The fourth-order valence-electron chi connectivity index (χ4n) is 1.33. The minimum atomic E-state index is -0.558. The molecule has 0 atom stereocenters. The number of halogens is 1. The predicted octanol–water partition coefficient (Wildman–Crippen LogP) is 1.04. The molecule has 0 bridgehead atoms. The summed E-state index contributed by atoms with van der Waals surface area (Å²) < 4.78 is 13.2. The number of anilines is 1. The van der Waals surface area contributed by atoms with E-state index in [1.165, 1.54) is 18.2 Å². The summed E-state index contributed by atoms with van der Waals surface area (Å²) in [7, 11) is 5.56. The maximum Gasteiger partial charge on any atom is 0.253 e. The van der Waals surface area contributed by atoms with Crippen molar-refractivity contribution in [2.75, 3.05) is 40.0 Å². The van der Waals surface area contributed by atoms with E-state index in [9.17, 15) is 9.18 Å². The Kier molecular flexibility index (Phi) is 4.45. The second-order valence-corrected chi connectivity index (χ2v) is 4.27. The molecule has 17 heavy (non-hydrogen) atoms. The molecule has 0 unspecified atom stereocenters. The normalized spacial score (nSPS) is 10.6. The molecule has 0 heterocycles. The van der Waals surface area contributed by atoms with E-state index >= 15 is 0 Å². The molecule has 0 aliphatic rings. The number of hydrogen-bond donors (Lipinski definition) is 1. The fourth-order valence-corrected chi connectivity index (χ4v) is 1.33. The monoisotopic (exact) mass is 239 g/mol. The zero-order valence-corrected chi connectivity index (χ0v) is 10.4. The fraction of sp³-hybridized carbons (Fsp3) is 0.417. The molecule has 5 heteroatoms. The number of amides is 1. The maximum atomic E-state index is 13.2. The van der Waals surface area contributed by atoms with Crippen LogP contribution in [0, 0.1) is 5.82 Å². The summed E-state index contributed by atoms with van der Waals surface area (Å²) in [6.45, 7) is 1.36. The number of likely N-dealkylation sites (N-methyl/N-ethyl adjacent to an activating group) is 2. The van der Waals surface area contributed by atoms with Crippen molar-refractivity contribution in [3.8, 4) is 0 Å². The van der Waals surface area contributed by atoms with Crippen LogP contribution >= 0.6 is 0 Å². The molecule has 0 fully saturated rings. The zero-order valence-electron chi connectivity index (χ0n) is 10.4. The van der Waals surface area contributed by atoms with Crippen LogP contribution < -0.4 is 5.73 Å². The van der Waals surface area contributed by atoms with Gasteiger partial charge in [0.15, 0.2) is 0 Å². The quantitative estimate of drug-likeness (QED) is 0.799. The summed E-state index contributed by atoms with van der Waals surface area (Å²) in [4.78, 5) is 15.5. The van der Waals surface area contributed by atoms with Crippen LogP contribution in [0.5, 0.6) is 0 Å². The van der Waals surface area contributed by atoms with Crippen molar-refractivity contribution >= 4 is 11.6 Å². The van der Waals surface area contributed by atoms with E-state index < -0.39 is 5.82 Å². The molecule has 0 radical (unpaired) electrons. The molecule has 0 spiro atoms. The molecular weight excluding hydrogens is 221 g/mol. The molecule has 0 saturated carbocycles. The standard InChI is InChI=1S/C12H18FN3O/c1-15(2)6-7-16(3)12(17)9-4-5-11(14)10(13)8-9/h4-5,8H,6-7,14H2,1-3H3. The van der Waals surface area contributed by atoms with Crippen molar-refractivity contribution in [1.29, 1.82) is 0 Å². The topological polar surface area (TPSA) is 49.6 Å². The molecule has 0 saturated heterocycles. The van der Waals surface area contributed by atoms with Gasteiger partial charge in [-0.3, -0.25) is 4.79 Å². The minimum absolute atomic E-state index is 0.0532. The first-order valence-corrected chi connectivity index (χ1v) is 5.37. The highest BCUT2D eigenvalue weighted by atomic mass is 19.1. The predicted molar refractivity (Wildman–Crippen MR) is 66.3 cm³/mol. The second-order valence-electron chi connectivity index (χ2n) is 4.27. The number of hydrogen-bond acceptors (Lipinski definition) is 3. The van der Waals surface area contributed by atoms with Crippen LogP contribution in [0.25, 0.3) is 0 Å². The van der Waals surface area contributed by atoms with Gasteiger partial charge in [-0.15, -0.1) is 0 Å². The van der Waals surface area contributed by atoms with Crippen molar-refractivity contribution < 1.29 is 9.18 Å². The van der Waals surface area contributed by atoms with Gasteiger partial charge in [-0.05, 0) is 32.3 Å². The van der Waals surface area contributed by atoms with Gasteiger partial charge < -0.3 is 15.5 Å². The summed E-state index contributed by atoms with van der Waals surface area (Å²) in [6.07, 6.45) is 0. The second kappa shape index (κ2) is 5.63. The molecule has 0 aromatic heterocycles. The molecule has 2 N–H and O–H groups in total. The van der Waals surface area contributed by atoms with Crippen LogP contribution in [0.3, 0.4) is 0 Å². The van der Waals surface area contributed by atoms with Gasteiger partial charge in [0.25, 0.3) is 5.91 Å². The lowest BCUT2D eigenvalue weighted by Crippen LogP contribution is -2.33. The first-order chi connectivity index (χ1) is 7.91. The van der Waals surface area contributed by atoms with E-state index in [1.54, 1.807) is 11.9 Å². The molecule has 0 aliphatic carbocycles. The highest BCUT2D eigenvalue weighted by Gasteiger charge is 2.13. The van der Waals surface area contributed by atoms with E-state index in [1.807, 2.05) is 19.0 Å². The Balaban J connectivity index is 2.71.